The number of anilines is 1. The number of ether oxygens (including phenoxy) is 2. The summed E-state index contributed by atoms with van der Waals surface area (Å²) in [6, 6.07) is 23.9. The molecular weight excluding hydrogens is 394 g/mol. The zero-order valence-corrected chi connectivity index (χ0v) is 17.2. The number of esters is 2. The van der Waals surface area contributed by atoms with Crippen LogP contribution >= 0.6 is 0 Å². The first-order valence-electron chi connectivity index (χ1n) is 9.92. The highest BCUT2D eigenvalue weighted by atomic mass is 16.5. The first-order valence-corrected chi connectivity index (χ1v) is 9.92. The van der Waals surface area contributed by atoms with Crippen LogP contribution < -0.4 is 5.32 Å². The van der Waals surface area contributed by atoms with E-state index in [1.165, 1.54) is 0 Å². The van der Waals surface area contributed by atoms with Gasteiger partial charge in [-0.3, -0.25) is 9.59 Å². The van der Waals surface area contributed by atoms with Crippen molar-refractivity contribution in [1.82, 2.24) is 0 Å². The van der Waals surface area contributed by atoms with Crippen molar-refractivity contribution in [3.05, 3.63) is 90.0 Å². The molecule has 0 atom stereocenters. The Kier molecular flexibility index (Phi) is 7.54. The van der Waals surface area contributed by atoms with Crippen LogP contribution in [-0.2, 0) is 25.5 Å². The highest BCUT2D eigenvalue weighted by molar-refractivity contribution is 5.94. The molecule has 0 spiro atoms. The van der Waals surface area contributed by atoms with E-state index in [-0.39, 0.29) is 13.0 Å². The summed E-state index contributed by atoms with van der Waals surface area (Å²) in [5.41, 5.74) is 3.85. The van der Waals surface area contributed by atoms with Crippen molar-refractivity contribution in [2.45, 2.75) is 13.3 Å². The summed E-state index contributed by atoms with van der Waals surface area (Å²) in [7, 11) is 0. The molecule has 3 aromatic carbocycles. The van der Waals surface area contributed by atoms with Crippen LogP contribution in [0.3, 0.4) is 0 Å². The lowest BCUT2D eigenvalue weighted by Crippen LogP contribution is -2.21. The standard InChI is InChI=1S/C25H23NO5/c1-2-30-25(29)21-12-14-22(15-13-21)26-23(27)17-31-24(28)16-18-8-10-20(11-9-18)19-6-4-3-5-7-19/h3-15H,2,16-17H2,1H3,(H,26,27). The Labute approximate surface area is 180 Å². The SMILES string of the molecule is CCOC(=O)c1ccc(NC(=O)COC(=O)Cc2ccc(-c3ccccc3)cc2)cc1. The molecule has 0 aliphatic rings. The molecule has 0 bridgehead atoms. The van der Waals surface area contributed by atoms with Gasteiger partial charge in [0.25, 0.3) is 5.91 Å². The second-order valence-corrected chi connectivity index (χ2v) is 6.75. The van der Waals surface area contributed by atoms with Crippen LogP contribution in [0, 0.1) is 0 Å². The van der Waals surface area contributed by atoms with Crippen molar-refractivity contribution in [1.29, 1.82) is 0 Å². The van der Waals surface area contributed by atoms with Crippen molar-refractivity contribution in [2.75, 3.05) is 18.5 Å². The van der Waals surface area contributed by atoms with Gasteiger partial charge < -0.3 is 14.8 Å². The molecule has 1 N–H and O–H groups in total. The fourth-order valence-electron chi connectivity index (χ4n) is 2.91. The van der Waals surface area contributed by atoms with Gasteiger partial charge in [-0.1, -0.05) is 54.6 Å². The summed E-state index contributed by atoms with van der Waals surface area (Å²) in [6.45, 7) is 1.63. The molecule has 158 valence electrons. The molecule has 0 aliphatic heterocycles. The van der Waals surface area contributed by atoms with Crippen LogP contribution in [0.15, 0.2) is 78.9 Å². The molecule has 0 aliphatic carbocycles. The van der Waals surface area contributed by atoms with Gasteiger partial charge in [0.1, 0.15) is 0 Å². The number of hydrogen-bond donors (Lipinski definition) is 1. The molecule has 31 heavy (non-hydrogen) atoms. The van der Waals surface area contributed by atoms with Gasteiger partial charge in [0.05, 0.1) is 18.6 Å². The molecule has 6 nitrogen and oxygen atoms in total. The number of nitrogens with one attached hydrogen (secondary N) is 1. The Balaban J connectivity index is 1.45. The third-order valence-corrected chi connectivity index (χ3v) is 4.45. The molecule has 1 amide bonds. The van der Waals surface area contributed by atoms with E-state index in [1.54, 1.807) is 31.2 Å². The minimum Gasteiger partial charge on any atom is -0.462 e. The molecule has 0 unspecified atom stereocenters. The number of amides is 1. The summed E-state index contributed by atoms with van der Waals surface area (Å²) >= 11 is 0. The number of benzene rings is 3. The first kappa shape index (κ1) is 21.8. The molecule has 0 aromatic heterocycles. The van der Waals surface area contributed by atoms with Gasteiger partial charge in [-0.05, 0) is 47.9 Å². The normalized spacial score (nSPS) is 10.2. The maximum atomic E-state index is 12.1. The van der Waals surface area contributed by atoms with Crippen LogP contribution in [0.4, 0.5) is 5.69 Å². The molecule has 0 saturated carbocycles. The number of carbonyl (C=O) groups is 3. The third-order valence-electron chi connectivity index (χ3n) is 4.45. The van der Waals surface area contributed by atoms with Crippen LogP contribution in [0.1, 0.15) is 22.8 Å². The van der Waals surface area contributed by atoms with E-state index < -0.39 is 17.8 Å². The average molecular weight is 417 g/mol. The Morgan fingerprint density at radius 1 is 0.774 bits per heavy atom. The zero-order chi connectivity index (χ0) is 22.1. The second-order valence-electron chi connectivity index (χ2n) is 6.75. The Hall–Kier alpha value is -3.93. The molecule has 0 fully saturated rings. The van der Waals surface area contributed by atoms with Crippen molar-refractivity contribution in [3.8, 4) is 11.1 Å². The molecule has 3 rings (SSSR count). The van der Waals surface area contributed by atoms with E-state index in [2.05, 4.69) is 5.32 Å². The van der Waals surface area contributed by atoms with Gasteiger partial charge in [0.2, 0.25) is 0 Å². The van der Waals surface area contributed by atoms with E-state index in [9.17, 15) is 14.4 Å². The molecule has 0 saturated heterocycles. The highest BCUT2D eigenvalue weighted by Crippen LogP contribution is 2.19. The Bertz CT molecular complexity index is 1030. The fraction of sp³-hybridized carbons (Fsp3) is 0.160. The summed E-state index contributed by atoms with van der Waals surface area (Å²) in [5, 5.41) is 2.62. The molecule has 3 aromatic rings. The predicted octanol–water partition coefficient (Wildman–Crippen LogP) is 4.25. The lowest BCUT2D eigenvalue weighted by Gasteiger charge is -2.08. The lowest BCUT2D eigenvalue weighted by molar-refractivity contribution is -0.146. The van der Waals surface area contributed by atoms with E-state index in [0.29, 0.717) is 17.9 Å². The van der Waals surface area contributed by atoms with Crippen molar-refractivity contribution in [2.24, 2.45) is 0 Å². The molecule has 0 heterocycles. The summed E-state index contributed by atoms with van der Waals surface area (Å²) < 4.78 is 9.97. The van der Waals surface area contributed by atoms with Crippen LogP contribution in [0.2, 0.25) is 0 Å². The highest BCUT2D eigenvalue weighted by Gasteiger charge is 2.10. The van der Waals surface area contributed by atoms with E-state index in [4.69, 9.17) is 9.47 Å². The first-order chi connectivity index (χ1) is 15.0. The maximum absolute atomic E-state index is 12.1. The largest absolute Gasteiger partial charge is 0.462 e. The Morgan fingerprint density at radius 3 is 2.06 bits per heavy atom. The van der Waals surface area contributed by atoms with Crippen molar-refractivity contribution < 1.29 is 23.9 Å². The molecule has 0 radical (unpaired) electrons. The predicted molar refractivity (Wildman–Crippen MR) is 118 cm³/mol. The van der Waals surface area contributed by atoms with E-state index >= 15 is 0 Å². The van der Waals surface area contributed by atoms with Gasteiger partial charge in [-0.2, -0.15) is 0 Å². The minimum atomic E-state index is -0.486. The van der Waals surface area contributed by atoms with Gasteiger partial charge in [-0.15, -0.1) is 0 Å². The quantitative estimate of drug-likeness (QED) is 0.554. The number of hydrogen-bond acceptors (Lipinski definition) is 5. The third kappa shape index (κ3) is 6.54. The lowest BCUT2D eigenvalue weighted by atomic mass is 10.0. The topological polar surface area (TPSA) is 81.7 Å². The average Bonchev–Trinajstić information content (AvgIpc) is 2.79. The second kappa shape index (κ2) is 10.7. The van der Waals surface area contributed by atoms with E-state index in [0.717, 1.165) is 16.7 Å². The van der Waals surface area contributed by atoms with Gasteiger partial charge in [0.15, 0.2) is 6.61 Å². The van der Waals surface area contributed by atoms with Crippen molar-refractivity contribution >= 4 is 23.5 Å². The number of carbonyl (C=O) groups excluding carboxylic acids is 3. The molecular formula is C25H23NO5. The summed E-state index contributed by atoms with van der Waals surface area (Å²) in [5.74, 6) is -1.37. The van der Waals surface area contributed by atoms with Gasteiger partial charge in [-0.25, -0.2) is 4.79 Å². The van der Waals surface area contributed by atoms with Crippen LogP contribution in [0.5, 0.6) is 0 Å². The smallest absolute Gasteiger partial charge is 0.338 e. The zero-order valence-electron chi connectivity index (χ0n) is 17.2. The Morgan fingerprint density at radius 2 is 1.42 bits per heavy atom. The van der Waals surface area contributed by atoms with Crippen molar-refractivity contribution in [3.63, 3.8) is 0 Å². The molecule has 6 heteroatoms. The number of rotatable bonds is 8. The summed E-state index contributed by atoms with van der Waals surface area (Å²) in [6.07, 6.45) is 0.0799. The maximum Gasteiger partial charge on any atom is 0.338 e. The summed E-state index contributed by atoms with van der Waals surface area (Å²) in [4.78, 5) is 35.7. The van der Waals surface area contributed by atoms with Gasteiger partial charge in [0, 0.05) is 5.69 Å². The fourth-order valence-corrected chi connectivity index (χ4v) is 2.91. The van der Waals surface area contributed by atoms with Gasteiger partial charge >= 0.3 is 11.9 Å². The minimum absolute atomic E-state index is 0.0799. The van der Waals surface area contributed by atoms with Crippen LogP contribution in [0.25, 0.3) is 11.1 Å². The van der Waals surface area contributed by atoms with E-state index in [1.807, 2.05) is 54.6 Å². The van der Waals surface area contributed by atoms with Crippen LogP contribution in [-0.4, -0.2) is 31.1 Å². The monoisotopic (exact) mass is 417 g/mol.